The molecule has 0 saturated heterocycles. The maximum Gasteiger partial charge on any atom is 0.513 e. The standard InChI is InChI=1S/C32H30N2O6P2/c35-41(37-29-16-5-1-6-17-29,38-30-18-7-2-8-19-30)33-25-27-14-13-15-28(24-27)26-34-42(36,39-31-20-9-3-10-21-31)40-32-22-11-4-12-23-32/h1-24H,25-26H2,(H,33,35)(H,34,36). The Labute approximate surface area is 245 Å². The molecule has 0 bridgehead atoms. The smallest absolute Gasteiger partial charge is 0.405 e. The molecule has 2 N–H and O–H groups in total. The highest BCUT2D eigenvalue weighted by Crippen LogP contribution is 2.46. The average Bonchev–Trinajstić information content (AvgIpc) is 3.01. The van der Waals surface area contributed by atoms with Gasteiger partial charge in [-0.25, -0.2) is 9.13 Å². The Kier molecular flexibility index (Phi) is 9.75. The Morgan fingerprint density at radius 2 is 0.690 bits per heavy atom. The molecule has 0 fully saturated rings. The quantitative estimate of drug-likeness (QED) is 0.123. The number of nitrogens with one attached hydrogen (secondary N) is 2. The number of para-hydroxylation sites is 4. The number of rotatable bonds is 14. The molecule has 42 heavy (non-hydrogen) atoms. The van der Waals surface area contributed by atoms with Gasteiger partial charge in [-0.2, -0.15) is 10.2 Å². The molecule has 0 amide bonds. The summed E-state index contributed by atoms with van der Waals surface area (Å²) < 4.78 is 50.8. The average molecular weight is 601 g/mol. The third-order valence-corrected chi connectivity index (χ3v) is 8.72. The van der Waals surface area contributed by atoms with E-state index < -0.39 is 15.5 Å². The van der Waals surface area contributed by atoms with Crippen molar-refractivity contribution in [2.45, 2.75) is 13.1 Å². The molecule has 0 heterocycles. The molecule has 0 unspecified atom stereocenters. The van der Waals surface area contributed by atoms with Crippen molar-refractivity contribution in [3.05, 3.63) is 157 Å². The van der Waals surface area contributed by atoms with E-state index >= 15 is 0 Å². The summed E-state index contributed by atoms with van der Waals surface area (Å²) in [5, 5.41) is 5.92. The van der Waals surface area contributed by atoms with E-state index in [1.165, 1.54) is 0 Å². The zero-order valence-corrected chi connectivity index (χ0v) is 24.4. The third-order valence-electron chi connectivity index (χ3n) is 5.82. The molecule has 5 rings (SSSR count). The first-order valence-electron chi connectivity index (χ1n) is 13.2. The van der Waals surface area contributed by atoms with Crippen LogP contribution in [-0.2, 0) is 22.2 Å². The molecule has 0 atom stereocenters. The fourth-order valence-corrected chi connectivity index (χ4v) is 6.55. The van der Waals surface area contributed by atoms with Gasteiger partial charge >= 0.3 is 15.5 Å². The minimum atomic E-state index is -3.81. The number of hydrogen-bond donors (Lipinski definition) is 2. The van der Waals surface area contributed by atoms with E-state index in [9.17, 15) is 9.13 Å². The topological polar surface area (TPSA) is 95.1 Å². The SMILES string of the molecule is O=P(NCc1cccc(CNP(=O)(Oc2ccccc2)Oc2ccccc2)c1)(Oc1ccccc1)Oc1ccccc1. The minimum Gasteiger partial charge on any atom is -0.405 e. The lowest BCUT2D eigenvalue weighted by molar-refractivity contribution is 0.369. The van der Waals surface area contributed by atoms with E-state index in [1.807, 2.05) is 48.5 Å². The van der Waals surface area contributed by atoms with E-state index in [2.05, 4.69) is 10.2 Å². The van der Waals surface area contributed by atoms with E-state index in [1.54, 1.807) is 97.1 Å². The molecule has 0 spiro atoms. The van der Waals surface area contributed by atoms with Crippen LogP contribution < -0.4 is 28.3 Å². The zero-order chi connectivity index (χ0) is 29.1. The minimum absolute atomic E-state index is 0.184. The Morgan fingerprint density at radius 3 is 0.976 bits per heavy atom. The summed E-state index contributed by atoms with van der Waals surface area (Å²) in [6.45, 7) is 0.368. The van der Waals surface area contributed by atoms with Crippen LogP contribution in [0, 0.1) is 0 Å². The molecule has 214 valence electrons. The van der Waals surface area contributed by atoms with Crippen molar-refractivity contribution in [1.82, 2.24) is 10.2 Å². The predicted molar refractivity (Wildman–Crippen MR) is 164 cm³/mol. The van der Waals surface area contributed by atoms with Crippen molar-refractivity contribution in [3.8, 4) is 23.0 Å². The summed E-state index contributed by atoms with van der Waals surface area (Å²) in [5.41, 5.74) is 1.62. The van der Waals surface area contributed by atoms with Crippen molar-refractivity contribution in [3.63, 3.8) is 0 Å². The third kappa shape index (κ3) is 8.84. The molecule has 0 aliphatic carbocycles. The van der Waals surface area contributed by atoms with Gasteiger partial charge in [-0.3, -0.25) is 0 Å². The molecule has 0 radical (unpaired) electrons. The van der Waals surface area contributed by atoms with Crippen molar-refractivity contribution < 1.29 is 27.2 Å². The lowest BCUT2D eigenvalue weighted by Crippen LogP contribution is -2.20. The lowest BCUT2D eigenvalue weighted by atomic mass is 10.1. The summed E-state index contributed by atoms with van der Waals surface area (Å²) in [6, 6.07) is 42.9. The van der Waals surface area contributed by atoms with Crippen LogP contribution in [0.25, 0.3) is 0 Å². The second kappa shape index (κ2) is 14.0. The van der Waals surface area contributed by atoms with Crippen LogP contribution in [-0.4, -0.2) is 0 Å². The molecular formula is C32H30N2O6P2. The molecule has 8 nitrogen and oxygen atoms in total. The van der Waals surface area contributed by atoms with Gasteiger partial charge in [0.25, 0.3) is 0 Å². The van der Waals surface area contributed by atoms with E-state index in [0.717, 1.165) is 11.1 Å². The molecule has 5 aromatic carbocycles. The van der Waals surface area contributed by atoms with E-state index in [0.29, 0.717) is 23.0 Å². The van der Waals surface area contributed by atoms with Crippen LogP contribution in [0.15, 0.2) is 146 Å². The summed E-state index contributed by atoms with van der Waals surface area (Å²) in [6.07, 6.45) is 0. The molecule has 0 saturated carbocycles. The molecule has 10 heteroatoms. The fraction of sp³-hybridized carbons (Fsp3) is 0.0625. The summed E-state index contributed by atoms with van der Waals surface area (Å²) in [5.74, 6) is 1.65. The van der Waals surface area contributed by atoms with Gasteiger partial charge in [0, 0.05) is 13.1 Å². The first-order chi connectivity index (χ1) is 20.5. The number of benzene rings is 5. The maximum absolute atomic E-state index is 13.8. The number of hydrogen-bond acceptors (Lipinski definition) is 6. The van der Waals surface area contributed by atoms with Gasteiger partial charge in [0.2, 0.25) is 0 Å². The molecule has 0 aromatic heterocycles. The second-order valence-electron chi connectivity index (χ2n) is 9.10. The predicted octanol–water partition coefficient (Wildman–Crippen LogP) is 8.40. The van der Waals surface area contributed by atoms with Crippen LogP contribution in [0.1, 0.15) is 11.1 Å². The van der Waals surface area contributed by atoms with Crippen molar-refractivity contribution in [2.24, 2.45) is 0 Å². The Balaban J connectivity index is 1.28. The monoisotopic (exact) mass is 600 g/mol. The van der Waals surface area contributed by atoms with Crippen LogP contribution >= 0.6 is 15.5 Å². The van der Waals surface area contributed by atoms with Gasteiger partial charge in [-0.15, -0.1) is 0 Å². The highest BCUT2D eigenvalue weighted by atomic mass is 31.2. The van der Waals surface area contributed by atoms with Crippen molar-refractivity contribution in [2.75, 3.05) is 0 Å². The molecule has 5 aromatic rings. The van der Waals surface area contributed by atoms with Crippen LogP contribution in [0.2, 0.25) is 0 Å². The van der Waals surface area contributed by atoms with Crippen LogP contribution in [0.4, 0.5) is 0 Å². The summed E-state index contributed by atoms with van der Waals surface area (Å²) in [7, 11) is -7.63. The van der Waals surface area contributed by atoms with E-state index in [4.69, 9.17) is 18.1 Å². The van der Waals surface area contributed by atoms with Gasteiger partial charge in [0.15, 0.2) is 0 Å². The molecule has 0 aliphatic rings. The second-order valence-corrected chi connectivity index (χ2v) is 12.5. The van der Waals surface area contributed by atoms with Gasteiger partial charge in [-0.1, -0.05) is 97.1 Å². The van der Waals surface area contributed by atoms with Gasteiger partial charge < -0.3 is 18.1 Å². The van der Waals surface area contributed by atoms with Gasteiger partial charge in [-0.05, 0) is 59.7 Å². The first kappa shape index (κ1) is 29.2. The van der Waals surface area contributed by atoms with E-state index in [-0.39, 0.29) is 13.1 Å². The Bertz CT molecular complexity index is 1430. The maximum atomic E-state index is 13.8. The molecular weight excluding hydrogens is 570 g/mol. The molecule has 0 aliphatic heterocycles. The van der Waals surface area contributed by atoms with Gasteiger partial charge in [0.1, 0.15) is 23.0 Å². The summed E-state index contributed by atoms with van der Waals surface area (Å²) in [4.78, 5) is 0. The Morgan fingerprint density at radius 1 is 0.405 bits per heavy atom. The zero-order valence-electron chi connectivity index (χ0n) is 22.6. The Hall–Kier alpha value is -4.32. The largest absolute Gasteiger partial charge is 0.513 e. The highest BCUT2D eigenvalue weighted by molar-refractivity contribution is 7.52. The van der Waals surface area contributed by atoms with Gasteiger partial charge in [0.05, 0.1) is 0 Å². The summed E-state index contributed by atoms with van der Waals surface area (Å²) >= 11 is 0. The normalized spacial score (nSPS) is 11.4. The van der Waals surface area contributed by atoms with Crippen molar-refractivity contribution in [1.29, 1.82) is 0 Å². The fourth-order valence-electron chi connectivity index (χ4n) is 3.87. The van der Waals surface area contributed by atoms with Crippen LogP contribution in [0.3, 0.4) is 0 Å². The van der Waals surface area contributed by atoms with Crippen LogP contribution in [0.5, 0.6) is 23.0 Å². The first-order valence-corrected chi connectivity index (χ1v) is 16.3. The highest BCUT2D eigenvalue weighted by Gasteiger charge is 2.29. The van der Waals surface area contributed by atoms with Crippen molar-refractivity contribution >= 4 is 15.5 Å². The lowest BCUT2D eigenvalue weighted by Gasteiger charge is -2.21.